The summed E-state index contributed by atoms with van der Waals surface area (Å²) in [7, 11) is 4.95. The number of anilines is 2. The number of aromatic nitrogens is 1. The summed E-state index contributed by atoms with van der Waals surface area (Å²) in [5, 5.41) is 4.32. The van der Waals surface area contributed by atoms with Crippen LogP contribution in [0.2, 0.25) is 10.0 Å². The highest BCUT2D eigenvalue weighted by molar-refractivity contribution is 6.38. The molecule has 1 fully saturated rings. The third kappa shape index (κ3) is 11.3. The number of nitrogens with zero attached hydrogens (tertiary/aromatic N) is 4. The first-order valence-corrected chi connectivity index (χ1v) is 16.6. The van der Waals surface area contributed by atoms with Crippen molar-refractivity contribution in [1.29, 1.82) is 0 Å². The second-order valence-electron chi connectivity index (χ2n) is 12.0. The van der Waals surface area contributed by atoms with E-state index in [1.165, 1.54) is 35.1 Å². The van der Waals surface area contributed by atoms with Gasteiger partial charge in [0, 0.05) is 73.2 Å². The Morgan fingerprint density at radius 1 is 0.923 bits per heavy atom. The van der Waals surface area contributed by atoms with Gasteiger partial charge >= 0.3 is 0 Å². The summed E-state index contributed by atoms with van der Waals surface area (Å²) in [6.45, 7) is 3.84. The molecule has 3 aromatic carbocycles. The van der Waals surface area contributed by atoms with Crippen molar-refractivity contribution in [1.82, 2.24) is 15.2 Å². The van der Waals surface area contributed by atoms with Crippen LogP contribution >= 0.6 is 72.8 Å². The zero-order valence-electron chi connectivity index (χ0n) is 29.2. The zero-order chi connectivity index (χ0) is 34.4. The molecule has 3 amide bonds. The maximum absolute atomic E-state index is 13.1. The number of benzene rings is 3. The van der Waals surface area contributed by atoms with Gasteiger partial charge in [-0.05, 0) is 74.2 Å². The van der Waals surface area contributed by atoms with Crippen LogP contribution in [0.15, 0.2) is 66.7 Å². The van der Waals surface area contributed by atoms with E-state index in [1.54, 1.807) is 63.6 Å². The van der Waals surface area contributed by atoms with Crippen LogP contribution in [0.3, 0.4) is 0 Å². The van der Waals surface area contributed by atoms with Gasteiger partial charge in [0.05, 0.1) is 17.3 Å². The van der Waals surface area contributed by atoms with Crippen LogP contribution in [0, 0.1) is 6.92 Å². The minimum absolute atomic E-state index is 0. The molecule has 52 heavy (non-hydrogen) atoms. The Balaban J connectivity index is 0.00000338. The number of carbonyl (C=O) groups is 3. The van der Waals surface area contributed by atoms with Crippen molar-refractivity contribution in [2.24, 2.45) is 0 Å². The van der Waals surface area contributed by atoms with Gasteiger partial charge in [0.15, 0.2) is 0 Å². The summed E-state index contributed by atoms with van der Waals surface area (Å²) < 4.78 is 6.29. The van der Waals surface area contributed by atoms with E-state index in [2.05, 4.69) is 22.3 Å². The van der Waals surface area contributed by atoms with Gasteiger partial charge in [0.1, 0.15) is 17.9 Å². The smallest absolute Gasteiger partial charge is 0.253 e. The highest BCUT2D eigenvalue weighted by atomic mass is 35.5. The summed E-state index contributed by atoms with van der Waals surface area (Å²) in [4.78, 5) is 47.7. The second kappa shape index (κ2) is 21.3. The minimum Gasteiger partial charge on any atom is -0.487 e. The number of nitrogens with one attached hydrogen (secondary N) is 1. The van der Waals surface area contributed by atoms with E-state index in [9.17, 15) is 14.4 Å². The van der Waals surface area contributed by atoms with Crippen LogP contribution in [-0.2, 0) is 16.2 Å². The number of amides is 3. The molecule has 1 aromatic heterocycles. The van der Waals surface area contributed by atoms with Crippen molar-refractivity contribution >= 4 is 119 Å². The molecule has 282 valence electrons. The molecule has 0 spiro atoms. The van der Waals surface area contributed by atoms with E-state index in [4.69, 9.17) is 32.9 Å². The fraction of sp³-hybridized carbons (Fsp3) is 0.297. The maximum atomic E-state index is 13.1. The zero-order valence-corrected chi connectivity index (χ0v) is 34.0. The normalized spacial score (nSPS) is 12.1. The van der Waals surface area contributed by atoms with Crippen molar-refractivity contribution in [3.63, 3.8) is 0 Å². The predicted octanol–water partition coefficient (Wildman–Crippen LogP) is 8.60. The standard InChI is InChI=1S/C37H39Cl2N5O4.4ClH/c1-24-21-31(44-19-6-5-7-20-44)27-9-8-10-32(36(27)41-24)48-23-28-29(38)16-17-30(35(28)39)43(4)34(46)22-40-33(45)18-13-25-11-14-26(15-12-25)37(47)42(2)3;;;;/h8-18,21H,5-7,19-20,22-23H2,1-4H3,(H,40,45);4*1H/b18-13+;;;;. The van der Waals surface area contributed by atoms with Crippen LogP contribution in [0.1, 0.15) is 46.4 Å². The number of likely N-dealkylation sites (N-methyl/N-ethyl adjacent to an activating group) is 1. The van der Waals surface area contributed by atoms with E-state index in [-0.39, 0.29) is 79.6 Å². The predicted molar refractivity (Wildman–Crippen MR) is 222 cm³/mol. The Labute approximate surface area is 339 Å². The summed E-state index contributed by atoms with van der Waals surface area (Å²) in [6.07, 6.45) is 6.53. The molecule has 4 aromatic rings. The lowest BCUT2D eigenvalue weighted by atomic mass is 10.1. The van der Waals surface area contributed by atoms with Crippen molar-refractivity contribution in [2.45, 2.75) is 32.8 Å². The molecule has 0 bridgehead atoms. The van der Waals surface area contributed by atoms with Crippen LogP contribution in [0.4, 0.5) is 11.4 Å². The average Bonchev–Trinajstić information content (AvgIpc) is 3.09. The molecule has 0 saturated carbocycles. The van der Waals surface area contributed by atoms with Crippen LogP contribution < -0.4 is 19.9 Å². The number of rotatable bonds is 10. The second-order valence-corrected chi connectivity index (χ2v) is 12.7. The number of hydrogen-bond donors (Lipinski definition) is 1. The Morgan fingerprint density at radius 2 is 1.60 bits per heavy atom. The highest BCUT2D eigenvalue weighted by Crippen LogP contribution is 2.37. The Kier molecular flexibility index (Phi) is 19.1. The molecule has 0 aliphatic carbocycles. The molecule has 1 N–H and O–H groups in total. The third-order valence-corrected chi connectivity index (χ3v) is 9.06. The Bertz CT molecular complexity index is 1870. The number of halogens is 6. The molecule has 9 nitrogen and oxygen atoms in total. The number of ether oxygens (including phenoxy) is 1. The topological polar surface area (TPSA) is 95.1 Å². The van der Waals surface area contributed by atoms with Gasteiger partial charge in [-0.1, -0.05) is 47.5 Å². The first-order valence-electron chi connectivity index (χ1n) is 15.8. The lowest BCUT2D eigenvalue weighted by Gasteiger charge is -2.30. The van der Waals surface area contributed by atoms with Gasteiger partial charge in [-0.25, -0.2) is 4.98 Å². The number of pyridine rings is 1. The number of piperidine rings is 1. The number of fused-ring (bicyclic) bond motifs is 1. The SMILES string of the molecule is Cc1cc(N2CCCCC2)c2cccc(OCc3c(Cl)ccc(N(C)C(=O)CNC(=O)/C=C/c4ccc(C(=O)N(C)C)cc4)c3Cl)c2n1.Cl.Cl.Cl.Cl. The third-order valence-electron chi connectivity index (χ3n) is 8.28. The quantitative estimate of drug-likeness (QED) is 0.161. The van der Waals surface area contributed by atoms with E-state index < -0.39 is 5.91 Å². The molecular formula is C37H43Cl6N5O4. The molecule has 2 heterocycles. The molecule has 1 aliphatic rings. The van der Waals surface area contributed by atoms with Gasteiger partial charge in [0.2, 0.25) is 11.8 Å². The van der Waals surface area contributed by atoms with Gasteiger partial charge in [-0.2, -0.15) is 0 Å². The monoisotopic (exact) mass is 831 g/mol. The number of aryl methyl sites for hydroxylation is 1. The van der Waals surface area contributed by atoms with Gasteiger partial charge in [0.25, 0.3) is 5.91 Å². The molecule has 0 unspecified atom stereocenters. The number of carbonyl (C=O) groups excluding carboxylic acids is 3. The summed E-state index contributed by atoms with van der Waals surface area (Å²) >= 11 is 13.4. The van der Waals surface area contributed by atoms with Crippen molar-refractivity contribution < 1.29 is 19.1 Å². The molecule has 1 aliphatic heterocycles. The first kappa shape index (κ1) is 46.6. The summed E-state index contributed by atoms with van der Waals surface area (Å²) in [6, 6.07) is 18.3. The molecule has 5 rings (SSSR count). The van der Waals surface area contributed by atoms with Crippen molar-refractivity contribution in [2.75, 3.05) is 50.6 Å². The fourth-order valence-corrected chi connectivity index (χ4v) is 6.22. The van der Waals surface area contributed by atoms with Gasteiger partial charge in [-0.15, -0.1) is 49.6 Å². The Morgan fingerprint density at radius 3 is 2.25 bits per heavy atom. The van der Waals surface area contributed by atoms with Gasteiger partial charge in [-0.3, -0.25) is 14.4 Å². The van der Waals surface area contributed by atoms with E-state index in [0.29, 0.717) is 27.6 Å². The molecule has 0 radical (unpaired) electrons. The van der Waals surface area contributed by atoms with E-state index in [0.717, 1.165) is 40.9 Å². The summed E-state index contributed by atoms with van der Waals surface area (Å²) in [5.74, 6) is -0.308. The van der Waals surface area contributed by atoms with Crippen molar-refractivity contribution in [3.05, 3.63) is 99.2 Å². The average molecular weight is 834 g/mol. The Hall–Kier alpha value is -3.44. The number of hydrogen-bond acceptors (Lipinski definition) is 6. The summed E-state index contributed by atoms with van der Waals surface area (Å²) in [5.41, 5.74) is 5.09. The minimum atomic E-state index is -0.441. The molecule has 1 saturated heterocycles. The lowest BCUT2D eigenvalue weighted by molar-refractivity contribution is -0.122. The highest BCUT2D eigenvalue weighted by Gasteiger charge is 2.21. The van der Waals surface area contributed by atoms with Crippen LogP contribution in [0.25, 0.3) is 17.0 Å². The van der Waals surface area contributed by atoms with Crippen molar-refractivity contribution in [3.8, 4) is 5.75 Å². The molecular weight excluding hydrogens is 791 g/mol. The molecule has 15 heteroatoms. The molecule has 0 atom stereocenters. The maximum Gasteiger partial charge on any atom is 0.253 e. The van der Waals surface area contributed by atoms with E-state index in [1.807, 2.05) is 19.1 Å². The van der Waals surface area contributed by atoms with Crippen LogP contribution in [-0.4, -0.2) is 68.4 Å². The first-order chi connectivity index (χ1) is 23.0. The van der Waals surface area contributed by atoms with Gasteiger partial charge < -0.3 is 24.8 Å². The number of para-hydroxylation sites is 1. The van der Waals surface area contributed by atoms with Crippen LogP contribution in [0.5, 0.6) is 5.75 Å². The lowest BCUT2D eigenvalue weighted by Crippen LogP contribution is -2.37. The van der Waals surface area contributed by atoms with E-state index >= 15 is 0 Å². The fourth-order valence-electron chi connectivity index (χ4n) is 5.61. The largest absolute Gasteiger partial charge is 0.487 e.